The minimum absolute atomic E-state index is 0.253. The van der Waals surface area contributed by atoms with Crippen LogP contribution in [0.2, 0.25) is 0 Å². The molecule has 1 aromatic carbocycles. The lowest BCUT2D eigenvalue weighted by Crippen LogP contribution is -2.52. The van der Waals surface area contributed by atoms with Crippen LogP contribution in [-0.2, 0) is 15.3 Å². The summed E-state index contributed by atoms with van der Waals surface area (Å²) in [5, 5.41) is 0. The maximum Gasteiger partial charge on any atom is 0.445 e. The van der Waals surface area contributed by atoms with E-state index in [1.165, 1.54) is 18.7 Å². The summed E-state index contributed by atoms with van der Waals surface area (Å²) in [6.45, 7) is 2.08. The van der Waals surface area contributed by atoms with Gasteiger partial charge in [-0.25, -0.2) is 9.59 Å². The van der Waals surface area contributed by atoms with Crippen molar-refractivity contribution in [1.82, 2.24) is 4.90 Å². The first-order valence-corrected chi connectivity index (χ1v) is 10.4. The van der Waals surface area contributed by atoms with Gasteiger partial charge < -0.3 is 4.74 Å². The van der Waals surface area contributed by atoms with Crippen molar-refractivity contribution >= 4 is 41.7 Å². The molecule has 8 heteroatoms. The normalized spacial score (nSPS) is 19.0. The zero-order chi connectivity index (χ0) is 21.1. The summed E-state index contributed by atoms with van der Waals surface area (Å²) in [7, 11) is 4.50. The van der Waals surface area contributed by atoms with Gasteiger partial charge in [0.2, 0.25) is 0 Å². The number of thioether (sulfide) groups is 1. The van der Waals surface area contributed by atoms with Gasteiger partial charge in [-0.1, -0.05) is 25.5 Å². The number of ether oxygens (including phenoxy) is 1. The van der Waals surface area contributed by atoms with E-state index in [2.05, 4.69) is 11.9 Å². The zero-order valence-electron chi connectivity index (χ0n) is 17.0. The van der Waals surface area contributed by atoms with Crippen molar-refractivity contribution in [3.8, 4) is 0 Å². The number of aliphatic imine (C=N–C) groups is 1. The average molecular weight is 415 g/mol. The van der Waals surface area contributed by atoms with E-state index < -0.39 is 5.92 Å². The lowest BCUT2D eigenvalue weighted by molar-refractivity contribution is -0.407. The molecule has 3 amide bonds. The van der Waals surface area contributed by atoms with Gasteiger partial charge in [-0.3, -0.25) is 4.79 Å². The molecule has 2 aliphatic heterocycles. The number of nitrogens with zero attached hydrogens (tertiary/aromatic N) is 3. The Balaban J connectivity index is 1.90. The van der Waals surface area contributed by atoms with Crippen molar-refractivity contribution < 1.29 is 23.7 Å². The van der Waals surface area contributed by atoms with E-state index in [0.717, 1.165) is 33.8 Å². The number of hydrogen-bond acceptors (Lipinski definition) is 6. The Morgan fingerprint density at radius 3 is 2.59 bits per heavy atom. The second-order valence-corrected chi connectivity index (χ2v) is 7.92. The van der Waals surface area contributed by atoms with E-state index >= 15 is 0 Å². The molecule has 0 spiro atoms. The molecule has 3 rings (SSSR count). The van der Waals surface area contributed by atoms with Gasteiger partial charge >= 0.3 is 17.9 Å². The summed E-state index contributed by atoms with van der Waals surface area (Å²) in [5.74, 6) is -0.0772. The molecule has 0 aromatic heterocycles. The molecule has 2 heterocycles. The van der Waals surface area contributed by atoms with E-state index in [9.17, 15) is 14.4 Å². The molecule has 29 heavy (non-hydrogen) atoms. The highest BCUT2D eigenvalue weighted by Gasteiger charge is 2.48. The maximum atomic E-state index is 12.9. The van der Waals surface area contributed by atoms with Gasteiger partial charge in [0.1, 0.15) is 6.21 Å². The van der Waals surface area contributed by atoms with Crippen molar-refractivity contribution in [3.05, 3.63) is 45.9 Å². The van der Waals surface area contributed by atoms with Gasteiger partial charge in [0, 0.05) is 10.7 Å². The minimum Gasteiger partial charge on any atom is -0.465 e. The van der Waals surface area contributed by atoms with E-state index in [1.807, 2.05) is 12.1 Å². The van der Waals surface area contributed by atoms with Crippen molar-refractivity contribution in [2.45, 2.75) is 25.5 Å². The first kappa shape index (κ1) is 21.0. The van der Waals surface area contributed by atoms with Crippen LogP contribution in [0.1, 0.15) is 35.7 Å². The largest absolute Gasteiger partial charge is 0.465 e. The Morgan fingerprint density at radius 2 is 1.97 bits per heavy atom. The second-order valence-electron chi connectivity index (χ2n) is 6.90. The number of urea groups is 1. The number of allylic oxidation sites excluding steroid dienone is 1. The molecule has 0 radical (unpaired) electrons. The highest BCUT2D eigenvalue weighted by atomic mass is 32.2. The Hall–Kier alpha value is -2.74. The van der Waals surface area contributed by atoms with Gasteiger partial charge in [-0.2, -0.15) is 9.48 Å². The number of methoxy groups -OCH3 is 1. The van der Waals surface area contributed by atoms with E-state index in [4.69, 9.17) is 4.74 Å². The number of amidine groups is 1. The van der Waals surface area contributed by atoms with Gasteiger partial charge in [0.25, 0.3) is 5.84 Å². The molecule has 7 nitrogen and oxygen atoms in total. The van der Waals surface area contributed by atoms with Crippen LogP contribution < -0.4 is 0 Å². The third kappa shape index (κ3) is 4.03. The average Bonchev–Trinajstić information content (AvgIpc) is 2.74. The predicted molar refractivity (Wildman–Crippen MR) is 112 cm³/mol. The number of imide groups is 1. The zero-order valence-corrected chi connectivity index (χ0v) is 17.8. The molecular weight excluding hydrogens is 390 g/mol. The molecule has 2 aliphatic rings. The molecule has 0 aliphatic carbocycles. The highest BCUT2D eigenvalue weighted by Crippen LogP contribution is 2.37. The highest BCUT2D eigenvalue weighted by molar-refractivity contribution is 8.02. The number of hydrogen-bond donors (Lipinski definition) is 0. The first-order valence-electron chi connectivity index (χ1n) is 9.38. The fraction of sp³-hybridized carbons (Fsp3) is 0.381. The first-order chi connectivity index (χ1) is 13.9. The van der Waals surface area contributed by atoms with Crippen LogP contribution in [0.25, 0.3) is 0 Å². The summed E-state index contributed by atoms with van der Waals surface area (Å²) >= 11 is 1.58. The van der Waals surface area contributed by atoms with Crippen molar-refractivity contribution in [3.63, 3.8) is 0 Å². The van der Waals surface area contributed by atoms with Crippen molar-refractivity contribution in [1.29, 1.82) is 0 Å². The molecule has 0 saturated carbocycles. The number of dihydropyridines is 1. The molecule has 152 valence electrons. The van der Waals surface area contributed by atoms with Crippen LogP contribution in [0.15, 0.2) is 39.7 Å². The summed E-state index contributed by atoms with van der Waals surface area (Å²) in [4.78, 5) is 43.3. The maximum absolute atomic E-state index is 12.9. The van der Waals surface area contributed by atoms with Gasteiger partial charge in [-0.05, 0) is 29.7 Å². The predicted octanol–water partition coefficient (Wildman–Crippen LogP) is 3.09. The fourth-order valence-electron chi connectivity index (χ4n) is 3.35. The van der Waals surface area contributed by atoms with Crippen LogP contribution in [0.4, 0.5) is 4.79 Å². The molecular formula is C21H24N3O4S+. The van der Waals surface area contributed by atoms with E-state index in [0.29, 0.717) is 17.2 Å². The van der Waals surface area contributed by atoms with Crippen molar-refractivity contribution in [2.24, 2.45) is 10.9 Å². The Bertz CT molecular complexity index is 947. The number of carbonyl (C=O) groups excluding carboxylic acids is 3. The summed E-state index contributed by atoms with van der Waals surface area (Å²) in [6, 6.07) is 6.85. The number of carbonyl (C=O) groups is 3. The third-order valence-corrected chi connectivity index (χ3v) is 6.26. The van der Waals surface area contributed by atoms with E-state index in [-0.39, 0.29) is 17.9 Å². The van der Waals surface area contributed by atoms with Gasteiger partial charge in [0.05, 0.1) is 26.8 Å². The molecule has 0 bridgehead atoms. The molecule has 0 N–H and O–H groups in total. The lowest BCUT2D eigenvalue weighted by atomic mass is 9.96. The number of amides is 3. The SMILES string of the molecule is CCCC1=C(SCc2ccc(C(=O)OC)cc2)C2C(=O)N(C)C(=O)[N+](C)=C2N=C1. The van der Waals surface area contributed by atoms with Crippen LogP contribution >= 0.6 is 11.8 Å². The van der Waals surface area contributed by atoms with Crippen LogP contribution in [0, 0.1) is 5.92 Å². The molecule has 1 unspecified atom stereocenters. The summed E-state index contributed by atoms with van der Waals surface area (Å²) in [5.41, 5.74) is 2.55. The molecule has 1 aromatic rings. The molecule has 1 atom stereocenters. The second kappa shape index (κ2) is 8.73. The number of esters is 1. The minimum atomic E-state index is -0.561. The summed E-state index contributed by atoms with van der Waals surface area (Å²) < 4.78 is 6.17. The third-order valence-electron chi connectivity index (χ3n) is 4.97. The molecule has 0 fully saturated rings. The smallest absolute Gasteiger partial charge is 0.445 e. The van der Waals surface area contributed by atoms with Crippen molar-refractivity contribution in [2.75, 3.05) is 21.2 Å². The standard InChI is InChI=1S/C21H24N3O4S/c1-5-6-15-11-22-18-16(19(25)24(3)21(27)23(18)2)17(15)29-12-13-7-9-14(10-8-13)20(26)28-4/h7-11,16H,5-6,12H2,1-4H3/q+1. The van der Waals surface area contributed by atoms with Crippen LogP contribution in [-0.4, -0.2) is 60.6 Å². The Kier molecular flexibility index (Phi) is 6.32. The van der Waals surface area contributed by atoms with Gasteiger partial charge in [0.15, 0.2) is 5.92 Å². The van der Waals surface area contributed by atoms with Gasteiger partial charge in [-0.15, -0.1) is 16.8 Å². The molecule has 0 saturated heterocycles. The lowest BCUT2D eigenvalue weighted by Gasteiger charge is -2.28. The topological polar surface area (TPSA) is 79.1 Å². The number of rotatable bonds is 6. The Morgan fingerprint density at radius 1 is 1.28 bits per heavy atom. The quantitative estimate of drug-likeness (QED) is 0.528. The van der Waals surface area contributed by atoms with E-state index in [1.54, 1.807) is 37.2 Å². The number of benzene rings is 1. The summed E-state index contributed by atoms with van der Waals surface area (Å²) in [6.07, 6.45) is 3.52. The fourth-order valence-corrected chi connectivity index (χ4v) is 4.58. The van der Waals surface area contributed by atoms with Crippen LogP contribution in [0.3, 0.4) is 0 Å². The monoisotopic (exact) mass is 414 g/mol. The Labute approximate surface area is 174 Å². The number of fused-ring (bicyclic) bond motifs is 1. The van der Waals surface area contributed by atoms with Crippen LogP contribution in [0.5, 0.6) is 0 Å².